The Bertz CT molecular complexity index is 603. The summed E-state index contributed by atoms with van der Waals surface area (Å²) in [5.74, 6) is 0.745. The Kier molecular flexibility index (Phi) is 6.65. The molecule has 0 aliphatic heterocycles. The minimum Gasteiger partial charge on any atom is -0.396 e. The third kappa shape index (κ3) is 5.07. The molecule has 128 valence electrons. The van der Waals surface area contributed by atoms with Gasteiger partial charge in [0.2, 0.25) is 5.91 Å². The Balaban J connectivity index is 1.90. The highest BCUT2D eigenvalue weighted by molar-refractivity contribution is 7.99. The summed E-state index contributed by atoms with van der Waals surface area (Å²) in [6.45, 7) is 3.84. The number of hydrogen-bond donors (Lipinski definition) is 3. The fourth-order valence-electron chi connectivity index (χ4n) is 2.97. The van der Waals surface area contributed by atoms with Crippen LogP contribution < -0.4 is 10.9 Å². The monoisotopic (exact) mass is 339 g/mol. The number of carbonyl (C=O) groups is 1. The van der Waals surface area contributed by atoms with E-state index in [4.69, 9.17) is 5.11 Å². The van der Waals surface area contributed by atoms with E-state index >= 15 is 0 Å². The molecule has 1 heterocycles. The molecule has 2 atom stereocenters. The van der Waals surface area contributed by atoms with Crippen LogP contribution in [0.25, 0.3) is 0 Å². The van der Waals surface area contributed by atoms with Crippen molar-refractivity contribution in [1.82, 2.24) is 15.3 Å². The molecule has 3 N–H and O–H groups in total. The molecule has 0 radical (unpaired) electrons. The first-order chi connectivity index (χ1) is 11.0. The fraction of sp³-hybridized carbons (Fsp3) is 0.688. The molecule has 1 aliphatic rings. The second-order valence-electron chi connectivity index (χ2n) is 6.13. The number of aryl methyl sites for hydroxylation is 1. The Morgan fingerprint density at radius 3 is 2.83 bits per heavy atom. The number of aliphatic hydroxyl groups is 1. The highest BCUT2D eigenvalue weighted by Gasteiger charge is 2.22. The maximum absolute atomic E-state index is 12.1. The number of nitrogens with zero attached hydrogens (tertiary/aromatic N) is 1. The average Bonchev–Trinajstić information content (AvgIpc) is 2.51. The first-order valence-corrected chi connectivity index (χ1v) is 9.12. The van der Waals surface area contributed by atoms with E-state index in [2.05, 4.69) is 22.2 Å². The van der Waals surface area contributed by atoms with E-state index in [1.807, 2.05) is 0 Å². The fourth-order valence-corrected chi connectivity index (χ4v) is 3.69. The quantitative estimate of drug-likeness (QED) is 0.538. The molecule has 1 aromatic heterocycles. The molecule has 0 saturated heterocycles. The summed E-state index contributed by atoms with van der Waals surface area (Å²) in [5, 5.41) is 12.5. The maximum atomic E-state index is 12.1. The summed E-state index contributed by atoms with van der Waals surface area (Å²) in [4.78, 5) is 31.0. The molecule has 0 spiro atoms. The van der Waals surface area contributed by atoms with Gasteiger partial charge in [0.25, 0.3) is 5.56 Å². The summed E-state index contributed by atoms with van der Waals surface area (Å²) in [5.41, 5.74) is 0.860. The molecule has 1 fully saturated rings. The predicted octanol–water partition coefficient (Wildman–Crippen LogP) is 1.40. The van der Waals surface area contributed by atoms with E-state index in [-0.39, 0.29) is 29.9 Å². The lowest BCUT2D eigenvalue weighted by Gasteiger charge is -2.29. The zero-order chi connectivity index (χ0) is 16.8. The van der Waals surface area contributed by atoms with Gasteiger partial charge in [-0.05, 0) is 25.7 Å². The van der Waals surface area contributed by atoms with E-state index in [0.717, 1.165) is 6.42 Å². The molecule has 7 heteroatoms. The Labute approximate surface area is 140 Å². The molecule has 1 amide bonds. The number of amides is 1. The van der Waals surface area contributed by atoms with E-state index in [0.29, 0.717) is 28.8 Å². The number of aromatic amines is 1. The number of carbonyl (C=O) groups excluding carboxylic acids is 1. The number of aromatic nitrogens is 2. The lowest BCUT2D eigenvalue weighted by atomic mass is 9.86. The van der Waals surface area contributed by atoms with Gasteiger partial charge in [-0.1, -0.05) is 31.5 Å². The molecular weight excluding hydrogens is 314 g/mol. The normalized spacial score (nSPS) is 21.2. The van der Waals surface area contributed by atoms with Crippen molar-refractivity contribution in [3.63, 3.8) is 0 Å². The van der Waals surface area contributed by atoms with Gasteiger partial charge in [-0.25, -0.2) is 4.98 Å². The number of rotatable bonds is 6. The van der Waals surface area contributed by atoms with Crippen LogP contribution in [-0.4, -0.2) is 39.4 Å². The zero-order valence-corrected chi connectivity index (χ0v) is 14.5. The summed E-state index contributed by atoms with van der Waals surface area (Å²) < 4.78 is 0. The standard InChI is InChI=1S/C16H25N3O3S/c1-10-5-3-4-6-13(10)18-14(21)9-23-16-17-11(2)12(7-8-20)15(22)19-16/h10,13,20H,3-9H2,1-2H3,(H,18,21)(H,17,19,22)/t10-,13+/m0/s1. The highest BCUT2D eigenvalue weighted by atomic mass is 32.2. The van der Waals surface area contributed by atoms with Gasteiger partial charge in [0.1, 0.15) is 0 Å². The van der Waals surface area contributed by atoms with Crippen molar-refractivity contribution in [2.75, 3.05) is 12.4 Å². The zero-order valence-electron chi connectivity index (χ0n) is 13.7. The van der Waals surface area contributed by atoms with Crippen LogP contribution in [0.4, 0.5) is 0 Å². The van der Waals surface area contributed by atoms with Crippen LogP contribution in [-0.2, 0) is 11.2 Å². The van der Waals surface area contributed by atoms with Crippen molar-refractivity contribution in [3.05, 3.63) is 21.6 Å². The SMILES string of the molecule is Cc1nc(SCC(=O)N[C@@H]2CCCC[C@@H]2C)[nH]c(=O)c1CCO. The molecule has 0 aromatic carbocycles. The average molecular weight is 339 g/mol. The van der Waals surface area contributed by atoms with Crippen LogP contribution in [0.5, 0.6) is 0 Å². The second kappa shape index (κ2) is 8.49. The maximum Gasteiger partial charge on any atom is 0.255 e. The van der Waals surface area contributed by atoms with Crippen LogP contribution in [0.1, 0.15) is 43.9 Å². The number of nitrogens with one attached hydrogen (secondary N) is 2. The van der Waals surface area contributed by atoms with Gasteiger partial charge in [0, 0.05) is 30.3 Å². The molecule has 23 heavy (non-hydrogen) atoms. The first-order valence-electron chi connectivity index (χ1n) is 8.14. The Morgan fingerprint density at radius 2 is 2.17 bits per heavy atom. The van der Waals surface area contributed by atoms with Crippen LogP contribution in [0.15, 0.2) is 9.95 Å². The molecule has 1 aliphatic carbocycles. The van der Waals surface area contributed by atoms with Crippen molar-refractivity contribution in [2.45, 2.75) is 57.1 Å². The van der Waals surface area contributed by atoms with E-state index in [1.54, 1.807) is 6.92 Å². The highest BCUT2D eigenvalue weighted by Crippen LogP contribution is 2.24. The van der Waals surface area contributed by atoms with Crippen molar-refractivity contribution < 1.29 is 9.90 Å². The van der Waals surface area contributed by atoms with Gasteiger partial charge < -0.3 is 15.4 Å². The van der Waals surface area contributed by atoms with Gasteiger partial charge in [0.05, 0.1) is 5.75 Å². The molecule has 0 bridgehead atoms. The number of hydrogen-bond acceptors (Lipinski definition) is 5. The largest absolute Gasteiger partial charge is 0.396 e. The first kappa shape index (κ1) is 18.0. The van der Waals surface area contributed by atoms with E-state index in [1.165, 1.54) is 31.0 Å². The molecule has 6 nitrogen and oxygen atoms in total. The molecule has 1 saturated carbocycles. The number of thioether (sulfide) groups is 1. The van der Waals surface area contributed by atoms with Gasteiger partial charge in [-0.3, -0.25) is 9.59 Å². The lowest BCUT2D eigenvalue weighted by Crippen LogP contribution is -2.41. The Hall–Kier alpha value is -1.34. The number of aliphatic hydroxyl groups excluding tert-OH is 1. The molecular formula is C16H25N3O3S. The minimum absolute atomic E-state index is 0.0199. The minimum atomic E-state index is -0.240. The van der Waals surface area contributed by atoms with Gasteiger partial charge in [0.15, 0.2) is 5.16 Å². The van der Waals surface area contributed by atoms with Crippen molar-refractivity contribution in [2.24, 2.45) is 5.92 Å². The van der Waals surface area contributed by atoms with Gasteiger partial charge in [-0.15, -0.1) is 0 Å². The topological polar surface area (TPSA) is 95.1 Å². The smallest absolute Gasteiger partial charge is 0.255 e. The number of H-pyrrole nitrogens is 1. The molecule has 1 aromatic rings. The predicted molar refractivity (Wildman–Crippen MR) is 90.7 cm³/mol. The van der Waals surface area contributed by atoms with Crippen molar-refractivity contribution in [3.8, 4) is 0 Å². The summed E-state index contributed by atoms with van der Waals surface area (Å²) in [6.07, 6.45) is 4.91. The van der Waals surface area contributed by atoms with Gasteiger partial charge >= 0.3 is 0 Å². The van der Waals surface area contributed by atoms with E-state index < -0.39 is 0 Å². The summed E-state index contributed by atoms with van der Waals surface area (Å²) in [7, 11) is 0. The summed E-state index contributed by atoms with van der Waals surface area (Å²) in [6, 6.07) is 0.262. The third-order valence-electron chi connectivity index (χ3n) is 4.36. The molecule has 2 rings (SSSR count). The lowest BCUT2D eigenvalue weighted by molar-refractivity contribution is -0.119. The van der Waals surface area contributed by atoms with Gasteiger partial charge in [-0.2, -0.15) is 0 Å². The Morgan fingerprint density at radius 1 is 1.43 bits per heavy atom. The van der Waals surface area contributed by atoms with Crippen LogP contribution in [0.3, 0.4) is 0 Å². The summed E-state index contributed by atoms with van der Waals surface area (Å²) >= 11 is 1.23. The van der Waals surface area contributed by atoms with E-state index in [9.17, 15) is 9.59 Å². The van der Waals surface area contributed by atoms with Crippen LogP contribution >= 0.6 is 11.8 Å². The van der Waals surface area contributed by atoms with Crippen molar-refractivity contribution in [1.29, 1.82) is 0 Å². The molecule has 0 unspecified atom stereocenters. The third-order valence-corrected chi connectivity index (χ3v) is 5.23. The second-order valence-corrected chi connectivity index (χ2v) is 7.10. The van der Waals surface area contributed by atoms with Crippen molar-refractivity contribution >= 4 is 17.7 Å². The van der Waals surface area contributed by atoms with Crippen LogP contribution in [0.2, 0.25) is 0 Å². The van der Waals surface area contributed by atoms with Crippen LogP contribution in [0, 0.1) is 12.8 Å².